The van der Waals surface area contributed by atoms with Crippen molar-refractivity contribution in [3.05, 3.63) is 47.8 Å². The highest BCUT2D eigenvalue weighted by Gasteiger charge is 2.09. The lowest BCUT2D eigenvalue weighted by Gasteiger charge is -2.08. The Morgan fingerprint density at radius 3 is 2.94 bits per heavy atom. The normalized spacial score (nSPS) is 10.3. The number of nitrogens with zero attached hydrogens (tertiary/aromatic N) is 2. The van der Waals surface area contributed by atoms with E-state index in [0.29, 0.717) is 17.9 Å². The first-order valence-electron chi connectivity index (χ1n) is 5.17. The van der Waals surface area contributed by atoms with E-state index in [1.807, 2.05) is 0 Å². The van der Waals surface area contributed by atoms with Crippen LogP contribution in [0, 0.1) is 5.82 Å². The van der Waals surface area contributed by atoms with Crippen molar-refractivity contribution < 1.29 is 19.0 Å². The van der Waals surface area contributed by atoms with E-state index in [9.17, 15) is 9.18 Å². The predicted octanol–water partition coefficient (Wildman–Crippen LogP) is 1.78. The second-order valence-corrected chi connectivity index (χ2v) is 3.69. The molecular weight excluding hydrogens is 239 g/mol. The predicted molar refractivity (Wildman–Crippen MR) is 61.2 cm³/mol. The lowest BCUT2D eigenvalue weighted by molar-refractivity contribution is 0.0691. The van der Waals surface area contributed by atoms with Gasteiger partial charge in [-0.25, -0.2) is 14.2 Å². The molecule has 6 heteroatoms. The van der Waals surface area contributed by atoms with Gasteiger partial charge in [-0.1, -0.05) is 0 Å². The molecule has 0 bridgehead atoms. The maximum Gasteiger partial charge on any atom is 0.356 e. The lowest BCUT2D eigenvalue weighted by Crippen LogP contribution is -2.01. The van der Waals surface area contributed by atoms with E-state index in [4.69, 9.17) is 9.84 Å². The summed E-state index contributed by atoms with van der Waals surface area (Å²) in [6.45, 7) is 0.293. The van der Waals surface area contributed by atoms with Gasteiger partial charge in [0.1, 0.15) is 11.6 Å². The maximum atomic E-state index is 13.1. The second-order valence-electron chi connectivity index (χ2n) is 3.69. The van der Waals surface area contributed by atoms with Crippen LogP contribution in [0.15, 0.2) is 30.7 Å². The van der Waals surface area contributed by atoms with Gasteiger partial charge in [-0.2, -0.15) is 0 Å². The van der Waals surface area contributed by atoms with Crippen LogP contribution in [0.4, 0.5) is 4.39 Å². The van der Waals surface area contributed by atoms with Crippen LogP contribution in [-0.4, -0.2) is 27.7 Å². The zero-order valence-corrected chi connectivity index (χ0v) is 9.63. The third-order valence-corrected chi connectivity index (χ3v) is 2.45. The number of carbonyl (C=O) groups is 1. The molecular formula is C12H11FN2O3. The Morgan fingerprint density at radius 1 is 1.56 bits per heavy atom. The fourth-order valence-corrected chi connectivity index (χ4v) is 1.62. The van der Waals surface area contributed by atoms with Crippen molar-refractivity contribution in [3.8, 4) is 5.75 Å². The van der Waals surface area contributed by atoms with Gasteiger partial charge in [0, 0.05) is 11.8 Å². The molecule has 94 valence electrons. The second kappa shape index (κ2) is 4.87. The Labute approximate surface area is 102 Å². The molecule has 0 radical (unpaired) electrons. The van der Waals surface area contributed by atoms with E-state index >= 15 is 0 Å². The summed E-state index contributed by atoms with van der Waals surface area (Å²) in [6.07, 6.45) is 2.76. The molecule has 0 saturated carbocycles. The quantitative estimate of drug-likeness (QED) is 0.898. The Hall–Kier alpha value is -2.37. The Balaban J connectivity index is 2.27. The van der Waals surface area contributed by atoms with Crippen LogP contribution < -0.4 is 4.74 Å². The summed E-state index contributed by atoms with van der Waals surface area (Å²) in [7, 11) is 1.49. The minimum atomic E-state index is -1.10. The number of carboxylic acids is 1. The average molecular weight is 250 g/mol. The first-order chi connectivity index (χ1) is 8.60. The topological polar surface area (TPSA) is 64.4 Å². The molecule has 1 aromatic heterocycles. The number of methoxy groups -OCH3 is 1. The number of ether oxygens (including phenoxy) is 1. The van der Waals surface area contributed by atoms with E-state index in [1.165, 1.54) is 37.8 Å². The van der Waals surface area contributed by atoms with Gasteiger partial charge in [-0.05, 0) is 18.2 Å². The number of carboxylic acid groups (broad SMARTS) is 1. The van der Waals surface area contributed by atoms with Crippen LogP contribution in [0.5, 0.6) is 5.75 Å². The van der Waals surface area contributed by atoms with Gasteiger partial charge in [0.25, 0.3) is 0 Å². The molecule has 0 aliphatic heterocycles. The number of imidazole rings is 1. The third kappa shape index (κ3) is 2.48. The summed E-state index contributed by atoms with van der Waals surface area (Å²) in [5, 5.41) is 8.75. The summed E-state index contributed by atoms with van der Waals surface area (Å²) in [5.74, 6) is -0.925. The molecule has 5 nitrogen and oxygen atoms in total. The number of halogens is 1. The lowest BCUT2D eigenvalue weighted by atomic mass is 10.2. The molecule has 18 heavy (non-hydrogen) atoms. The van der Waals surface area contributed by atoms with Crippen molar-refractivity contribution in [1.29, 1.82) is 0 Å². The van der Waals surface area contributed by atoms with Crippen LogP contribution in [0.1, 0.15) is 16.1 Å². The van der Waals surface area contributed by atoms with Crippen LogP contribution in [-0.2, 0) is 6.54 Å². The molecule has 2 rings (SSSR count). The Kier molecular flexibility index (Phi) is 3.27. The summed E-state index contributed by atoms with van der Waals surface area (Å²) in [4.78, 5) is 14.4. The Bertz CT molecular complexity index is 580. The van der Waals surface area contributed by atoms with Crippen LogP contribution in [0.3, 0.4) is 0 Å². The van der Waals surface area contributed by atoms with Crippen LogP contribution >= 0.6 is 0 Å². The number of hydrogen-bond acceptors (Lipinski definition) is 3. The largest absolute Gasteiger partial charge is 0.496 e. The van der Waals surface area contributed by atoms with Crippen molar-refractivity contribution in [2.75, 3.05) is 7.11 Å². The monoisotopic (exact) mass is 250 g/mol. The molecule has 1 heterocycles. The van der Waals surface area contributed by atoms with E-state index in [0.717, 1.165) is 0 Å². The van der Waals surface area contributed by atoms with Gasteiger partial charge in [0.15, 0.2) is 5.69 Å². The smallest absolute Gasteiger partial charge is 0.356 e. The first-order valence-corrected chi connectivity index (χ1v) is 5.17. The molecule has 1 N–H and O–H groups in total. The van der Waals surface area contributed by atoms with Crippen molar-refractivity contribution in [2.24, 2.45) is 0 Å². The van der Waals surface area contributed by atoms with Crippen LogP contribution in [0.2, 0.25) is 0 Å². The van der Waals surface area contributed by atoms with Crippen molar-refractivity contribution in [2.45, 2.75) is 6.54 Å². The summed E-state index contributed by atoms with van der Waals surface area (Å²) < 4.78 is 19.8. The minimum absolute atomic E-state index is 0.0506. The van der Waals surface area contributed by atoms with E-state index in [1.54, 1.807) is 4.57 Å². The third-order valence-electron chi connectivity index (χ3n) is 2.45. The standard InChI is InChI=1S/C12H11FN2O3/c1-18-11-3-2-9(13)4-8(11)5-15-6-10(12(16)17)14-7-15/h2-4,6-7H,5H2,1H3,(H,16,17). The highest BCUT2D eigenvalue weighted by Crippen LogP contribution is 2.20. The minimum Gasteiger partial charge on any atom is -0.496 e. The summed E-state index contributed by atoms with van der Waals surface area (Å²) >= 11 is 0. The molecule has 2 aromatic rings. The van der Waals surface area contributed by atoms with E-state index in [-0.39, 0.29) is 11.5 Å². The summed E-state index contributed by atoms with van der Waals surface area (Å²) in [5.41, 5.74) is 0.567. The number of rotatable bonds is 4. The van der Waals surface area contributed by atoms with Gasteiger partial charge < -0.3 is 14.4 Å². The van der Waals surface area contributed by atoms with Crippen molar-refractivity contribution >= 4 is 5.97 Å². The molecule has 0 amide bonds. The molecule has 0 fully saturated rings. The zero-order chi connectivity index (χ0) is 13.1. The number of aromatic carboxylic acids is 1. The molecule has 0 atom stereocenters. The first kappa shape index (κ1) is 12.1. The highest BCUT2D eigenvalue weighted by atomic mass is 19.1. The molecule has 0 aliphatic carbocycles. The van der Waals surface area contributed by atoms with Crippen molar-refractivity contribution in [3.63, 3.8) is 0 Å². The highest BCUT2D eigenvalue weighted by molar-refractivity contribution is 5.84. The fraction of sp³-hybridized carbons (Fsp3) is 0.167. The molecule has 0 aliphatic rings. The maximum absolute atomic E-state index is 13.1. The zero-order valence-electron chi connectivity index (χ0n) is 9.63. The number of aromatic nitrogens is 2. The summed E-state index contributed by atoms with van der Waals surface area (Å²) in [6, 6.07) is 4.18. The Morgan fingerprint density at radius 2 is 2.33 bits per heavy atom. The van der Waals surface area contributed by atoms with E-state index in [2.05, 4.69) is 4.98 Å². The van der Waals surface area contributed by atoms with Crippen molar-refractivity contribution in [1.82, 2.24) is 9.55 Å². The molecule has 1 aromatic carbocycles. The SMILES string of the molecule is COc1ccc(F)cc1Cn1cnc(C(=O)O)c1. The molecule has 0 unspecified atom stereocenters. The number of hydrogen-bond donors (Lipinski definition) is 1. The molecule has 0 spiro atoms. The van der Waals surface area contributed by atoms with Gasteiger partial charge in [-0.15, -0.1) is 0 Å². The average Bonchev–Trinajstić information content (AvgIpc) is 2.78. The van der Waals surface area contributed by atoms with E-state index < -0.39 is 5.97 Å². The van der Waals surface area contributed by atoms with Gasteiger partial charge in [0.05, 0.1) is 20.0 Å². The van der Waals surface area contributed by atoms with Gasteiger partial charge >= 0.3 is 5.97 Å². The fourth-order valence-electron chi connectivity index (χ4n) is 1.62. The van der Waals surface area contributed by atoms with Gasteiger partial charge in [-0.3, -0.25) is 0 Å². The van der Waals surface area contributed by atoms with Crippen LogP contribution in [0.25, 0.3) is 0 Å². The number of benzene rings is 1. The van der Waals surface area contributed by atoms with Gasteiger partial charge in [0.2, 0.25) is 0 Å². The molecule has 0 saturated heterocycles.